The minimum atomic E-state index is -3.93. The molecule has 0 atom stereocenters. The molecule has 1 saturated carbocycles. The van der Waals surface area contributed by atoms with E-state index in [2.05, 4.69) is 25.0 Å². The van der Waals surface area contributed by atoms with Gasteiger partial charge in [0.15, 0.2) is 5.65 Å². The summed E-state index contributed by atoms with van der Waals surface area (Å²) in [6, 6.07) is 10.7. The molecule has 5 rings (SSSR count). The zero-order valence-corrected chi connectivity index (χ0v) is 18.1. The van der Waals surface area contributed by atoms with Crippen molar-refractivity contribution in [1.29, 1.82) is 0 Å². The molecular weight excluding hydrogens is 435 g/mol. The summed E-state index contributed by atoms with van der Waals surface area (Å²) in [7, 11) is -3.93. The van der Waals surface area contributed by atoms with Crippen LogP contribution in [0, 0.1) is 11.7 Å². The lowest BCUT2D eigenvalue weighted by Gasteiger charge is -2.33. The van der Waals surface area contributed by atoms with Crippen molar-refractivity contribution in [2.24, 2.45) is 5.92 Å². The molecule has 2 aliphatic rings. The number of carbonyl (C=O) groups excluding carboxylic acids is 1. The smallest absolute Gasteiger partial charge is 0.249 e. The van der Waals surface area contributed by atoms with Gasteiger partial charge in [0, 0.05) is 25.0 Å². The molecule has 1 saturated heterocycles. The first-order valence-corrected chi connectivity index (χ1v) is 12.1. The minimum Gasteiger partial charge on any atom is -0.356 e. The molecule has 0 unspecified atom stereocenters. The van der Waals surface area contributed by atoms with Crippen LogP contribution in [0.25, 0.3) is 5.65 Å². The van der Waals surface area contributed by atoms with Gasteiger partial charge in [0.1, 0.15) is 16.5 Å². The number of amides is 1. The second kappa shape index (κ2) is 8.14. The summed E-state index contributed by atoms with van der Waals surface area (Å²) in [5.41, 5.74) is 0.621. The Labute approximate surface area is 184 Å². The number of nitrogens with zero attached hydrogens (tertiary/aromatic N) is 4. The highest BCUT2D eigenvalue weighted by molar-refractivity contribution is 7.89. The third-order valence-electron chi connectivity index (χ3n) is 5.79. The highest BCUT2D eigenvalue weighted by Crippen LogP contribution is 2.30. The van der Waals surface area contributed by atoms with E-state index in [1.807, 2.05) is 18.2 Å². The van der Waals surface area contributed by atoms with Crippen molar-refractivity contribution in [3.63, 3.8) is 0 Å². The van der Waals surface area contributed by atoms with Crippen molar-refractivity contribution in [2.75, 3.05) is 23.3 Å². The van der Waals surface area contributed by atoms with Crippen LogP contribution >= 0.6 is 0 Å². The Kier molecular flexibility index (Phi) is 5.30. The van der Waals surface area contributed by atoms with Crippen molar-refractivity contribution in [2.45, 2.75) is 36.6 Å². The fourth-order valence-electron chi connectivity index (χ4n) is 3.91. The van der Waals surface area contributed by atoms with Crippen molar-refractivity contribution in [3.05, 3.63) is 48.3 Å². The van der Waals surface area contributed by atoms with E-state index in [-0.39, 0.29) is 28.7 Å². The van der Waals surface area contributed by atoms with Gasteiger partial charge in [-0.1, -0.05) is 18.2 Å². The number of halogens is 1. The third-order valence-corrected chi connectivity index (χ3v) is 7.34. The van der Waals surface area contributed by atoms with E-state index < -0.39 is 15.8 Å². The zero-order valence-electron chi connectivity index (χ0n) is 17.2. The lowest BCUT2D eigenvalue weighted by Crippen LogP contribution is -2.45. The zero-order chi connectivity index (χ0) is 22.3. The topological polar surface area (TPSA) is 109 Å². The van der Waals surface area contributed by atoms with Crippen LogP contribution in [0.2, 0.25) is 0 Å². The second-order valence-corrected chi connectivity index (χ2v) is 9.85. The summed E-state index contributed by atoms with van der Waals surface area (Å²) in [6.45, 7) is 1.18. The van der Waals surface area contributed by atoms with Gasteiger partial charge in [0.05, 0.1) is 0 Å². The maximum atomic E-state index is 13.9. The third kappa shape index (κ3) is 4.17. The summed E-state index contributed by atoms with van der Waals surface area (Å²) in [5, 5.41) is 7.21. The molecule has 1 aromatic carbocycles. The summed E-state index contributed by atoms with van der Waals surface area (Å²) in [6.07, 6.45) is 2.92. The number of anilines is 2. The number of nitrogens with one attached hydrogen (secondary N) is 2. The molecule has 1 aliphatic heterocycles. The van der Waals surface area contributed by atoms with Gasteiger partial charge in [-0.15, -0.1) is 5.10 Å². The quantitative estimate of drug-likeness (QED) is 0.586. The maximum absolute atomic E-state index is 13.9. The molecule has 2 fully saturated rings. The molecule has 168 valence electrons. The van der Waals surface area contributed by atoms with Gasteiger partial charge in [-0.3, -0.25) is 10.1 Å². The Morgan fingerprint density at radius 3 is 2.50 bits per heavy atom. The van der Waals surface area contributed by atoms with E-state index in [9.17, 15) is 17.6 Å². The van der Waals surface area contributed by atoms with Crippen molar-refractivity contribution < 1.29 is 17.6 Å². The van der Waals surface area contributed by atoms with Gasteiger partial charge in [0.2, 0.25) is 21.9 Å². The Bertz CT molecular complexity index is 1270. The van der Waals surface area contributed by atoms with Gasteiger partial charge in [-0.2, -0.15) is 9.50 Å². The van der Waals surface area contributed by atoms with Crippen LogP contribution in [0.15, 0.2) is 47.4 Å². The molecule has 0 radical (unpaired) electrons. The highest BCUT2D eigenvalue weighted by Gasteiger charge is 2.31. The largest absolute Gasteiger partial charge is 0.356 e. The first-order valence-electron chi connectivity index (χ1n) is 10.6. The number of hydrogen-bond donors (Lipinski definition) is 2. The Balaban J connectivity index is 1.27. The van der Waals surface area contributed by atoms with Crippen LogP contribution in [0.1, 0.15) is 25.7 Å². The molecule has 1 amide bonds. The van der Waals surface area contributed by atoms with Crippen LogP contribution in [0.4, 0.5) is 16.2 Å². The Morgan fingerprint density at radius 1 is 1.03 bits per heavy atom. The van der Waals surface area contributed by atoms with Crippen LogP contribution < -0.4 is 14.9 Å². The molecule has 2 N–H and O–H groups in total. The average Bonchev–Trinajstić information content (AvgIpc) is 3.54. The predicted molar refractivity (Wildman–Crippen MR) is 116 cm³/mol. The summed E-state index contributed by atoms with van der Waals surface area (Å²) < 4.78 is 43.4. The van der Waals surface area contributed by atoms with E-state index >= 15 is 0 Å². The summed E-state index contributed by atoms with van der Waals surface area (Å²) in [5.74, 6) is 0.345. The van der Waals surface area contributed by atoms with Gasteiger partial charge < -0.3 is 4.90 Å². The number of sulfonamides is 1. The van der Waals surface area contributed by atoms with Gasteiger partial charge in [-0.25, -0.2) is 17.5 Å². The van der Waals surface area contributed by atoms with Crippen LogP contribution in [0.5, 0.6) is 0 Å². The number of hydrogen-bond acceptors (Lipinski definition) is 6. The molecule has 0 bridgehead atoms. The first-order chi connectivity index (χ1) is 15.4. The average molecular weight is 459 g/mol. The molecule has 9 nitrogen and oxygen atoms in total. The molecule has 3 heterocycles. The summed E-state index contributed by atoms with van der Waals surface area (Å²) in [4.78, 5) is 18.2. The van der Waals surface area contributed by atoms with Crippen LogP contribution in [0.3, 0.4) is 0 Å². The van der Waals surface area contributed by atoms with Crippen LogP contribution in [-0.2, 0) is 14.8 Å². The number of aromatic nitrogens is 3. The maximum Gasteiger partial charge on any atom is 0.249 e. The van der Waals surface area contributed by atoms with E-state index in [1.165, 1.54) is 18.2 Å². The van der Waals surface area contributed by atoms with Crippen molar-refractivity contribution >= 4 is 33.3 Å². The highest BCUT2D eigenvalue weighted by atomic mass is 32.2. The van der Waals surface area contributed by atoms with Gasteiger partial charge >= 0.3 is 0 Å². The first kappa shape index (κ1) is 20.8. The molecule has 3 aromatic rings. The Morgan fingerprint density at radius 2 is 1.78 bits per heavy atom. The lowest BCUT2D eigenvalue weighted by atomic mass is 10.1. The summed E-state index contributed by atoms with van der Waals surface area (Å²) >= 11 is 0. The molecule has 2 aromatic heterocycles. The SMILES string of the molecule is O=C(Nc1nc2cccc(N3CCC(NS(=O)(=O)c4ccccc4F)CC3)n2n1)C1CC1. The molecule has 1 aliphatic carbocycles. The molecule has 11 heteroatoms. The normalized spacial score (nSPS) is 17.6. The molecule has 0 spiro atoms. The monoisotopic (exact) mass is 458 g/mol. The van der Waals surface area contributed by atoms with Crippen molar-refractivity contribution in [3.8, 4) is 0 Å². The molecule has 32 heavy (non-hydrogen) atoms. The Hall–Kier alpha value is -3.05. The van der Waals surface area contributed by atoms with Crippen molar-refractivity contribution in [1.82, 2.24) is 19.3 Å². The fraction of sp³-hybridized carbons (Fsp3) is 0.381. The number of pyridine rings is 1. The number of rotatable bonds is 6. The second-order valence-electron chi connectivity index (χ2n) is 8.17. The van der Waals surface area contributed by atoms with E-state index in [0.717, 1.165) is 24.7 Å². The number of carbonyl (C=O) groups is 1. The lowest BCUT2D eigenvalue weighted by molar-refractivity contribution is -0.117. The number of benzene rings is 1. The fourth-order valence-corrected chi connectivity index (χ4v) is 5.30. The standard InChI is InChI=1S/C21H23FN6O3S/c22-16-4-1-2-5-17(16)32(30,31)26-15-10-12-27(13-11-15)19-7-3-6-18-23-21(25-28(18)19)24-20(29)14-8-9-14/h1-7,14-15,26H,8-13H2,(H,24,25,29). The minimum absolute atomic E-state index is 0.0505. The van der Waals surface area contributed by atoms with E-state index in [1.54, 1.807) is 4.52 Å². The molecular formula is C21H23FN6O3S. The van der Waals surface area contributed by atoms with E-state index in [0.29, 0.717) is 31.6 Å². The van der Waals surface area contributed by atoms with Crippen LogP contribution in [-0.4, -0.2) is 48.1 Å². The number of fused-ring (bicyclic) bond motifs is 1. The van der Waals surface area contributed by atoms with Gasteiger partial charge in [-0.05, 0) is 49.9 Å². The van der Waals surface area contributed by atoms with Gasteiger partial charge in [0.25, 0.3) is 0 Å². The predicted octanol–water partition coefficient (Wildman–Crippen LogP) is 2.16. The number of piperidine rings is 1. The van der Waals surface area contributed by atoms with E-state index in [4.69, 9.17) is 0 Å².